The van der Waals surface area contributed by atoms with Crippen LogP contribution in [-0.2, 0) is 4.74 Å². The Balaban J connectivity index is 2.24. The number of rotatable bonds is 3. The monoisotopic (exact) mass is 301 g/mol. The zero-order chi connectivity index (χ0) is 12.5. The molecule has 0 spiro atoms. The summed E-state index contributed by atoms with van der Waals surface area (Å²) in [6, 6.07) is 0. The second-order valence-corrected chi connectivity index (χ2v) is 5.13. The van der Waals surface area contributed by atoms with Gasteiger partial charge in [-0.3, -0.25) is 0 Å². The molecule has 94 valence electrons. The number of ether oxygens (including phenoxy) is 1. The molecular formula is C10H16BrN5O. The molecule has 7 heteroatoms. The lowest BCUT2D eigenvalue weighted by molar-refractivity contribution is 0.105. The van der Waals surface area contributed by atoms with E-state index in [0.717, 1.165) is 17.5 Å². The topological polar surface area (TPSA) is 85.1 Å². The van der Waals surface area contributed by atoms with Crippen LogP contribution in [0.3, 0.4) is 0 Å². The first-order chi connectivity index (χ1) is 8.07. The van der Waals surface area contributed by atoms with E-state index in [2.05, 4.69) is 50.5 Å². The molecule has 2 atom stereocenters. The second-order valence-electron chi connectivity index (χ2n) is 4.33. The number of nitrogens with two attached hydrogens (primary N) is 1. The minimum absolute atomic E-state index is 0.122. The zero-order valence-electron chi connectivity index (χ0n) is 9.83. The summed E-state index contributed by atoms with van der Waals surface area (Å²) >= 11 is 3.42. The molecule has 1 aromatic heterocycles. The minimum atomic E-state index is -0.122. The van der Waals surface area contributed by atoms with Crippen LogP contribution in [0.1, 0.15) is 20.3 Å². The maximum Gasteiger partial charge on any atom is 0.159 e. The van der Waals surface area contributed by atoms with Crippen LogP contribution in [0.5, 0.6) is 0 Å². The molecular weight excluding hydrogens is 286 g/mol. The third kappa shape index (κ3) is 2.36. The van der Waals surface area contributed by atoms with Crippen molar-refractivity contribution in [3.63, 3.8) is 0 Å². The molecule has 0 aromatic carbocycles. The van der Waals surface area contributed by atoms with E-state index in [1.165, 1.54) is 6.33 Å². The van der Waals surface area contributed by atoms with E-state index in [4.69, 9.17) is 10.6 Å². The quantitative estimate of drug-likeness (QED) is 0.579. The number of halogens is 1. The van der Waals surface area contributed by atoms with Crippen molar-refractivity contribution in [3.8, 4) is 0 Å². The highest BCUT2D eigenvalue weighted by Gasteiger charge is 2.37. The molecule has 1 saturated heterocycles. The average molecular weight is 302 g/mol. The van der Waals surface area contributed by atoms with Gasteiger partial charge in [-0.25, -0.2) is 15.8 Å². The van der Waals surface area contributed by atoms with Crippen molar-refractivity contribution in [2.45, 2.75) is 31.9 Å². The summed E-state index contributed by atoms with van der Waals surface area (Å²) in [4.78, 5) is 8.22. The summed E-state index contributed by atoms with van der Waals surface area (Å²) in [5, 5.41) is 3.39. The Bertz CT molecular complexity index is 416. The van der Waals surface area contributed by atoms with Gasteiger partial charge in [0.2, 0.25) is 0 Å². The van der Waals surface area contributed by atoms with Crippen LogP contribution in [0.2, 0.25) is 0 Å². The average Bonchev–Trinajstić information content (AvgIpc) is 2.62. The minimum Gasteiger partial charge on any atom is -0.376 e. The smallest absolute Gasteiger partial charge is 0.159 e. The highest BCUT2D eigenvalue weighted by atomic mass is 79.9. The Kier molecular flexibility index (Phi) is 3.50. The Morgan fingerprint density at radius 3 is 2.82 bits per heavy atom. The lowest BCUT2D eigenvalue weighted by Gasteiger charge is -2.30. The Hall–Kier alpha value is -0.920. The van der Waals surface area contributed by atoms with Crippen LogP contribution in [0.25, 0.3) is 0 Å². The number of anilines is 2. The molecule has 0 saturated carbocycles. The fourth-order valence-electron chi connectivity index (χ4n) is 1.83. The first-order valence-corrected chi connectivity index (χ1v) is 6.23. The van der Waals surface area contributed by atoms with E-state index in [0.29, 0.717) is 11.6 Å². The number of nitrogen functional groups attached to an aromatic ring is 1. The first kappa shape index (κ1) is 12.5. The van der Waals surface area contributed by atoms with Crippen molar-refractivity contribution in [1.82, 2.24) is 9.97 Å². The number of hydrogen-bond acceptors (Lipinski definition) is 6. The molecule has 0 bridgehead atoms. The van der Waals surface area contributed by atoms with Crippen LogP contribution >= 0.6 is 15.9 Å². The summed E-state index contributed by atoms with van der Waals surface area (Å²) < 4.78 is 6.30. The first-order valence-electron chi connectivity index (χ1n) is 5.44. The number of nitrogens with one attached hydrogen (secondary N) is 2. The summed E-state index contributed by atoms with van der Waals surface area (Å²) in [7, 11) is 0. The SMILES string of the molecule is CC1OCCC1(C)Nc1ncnc(NN)c1Br. The molecule has 4 N–H and O–H groups in total. The summed E-state index contributed by atoms with van der Waals surface area (Å²) in [6.07, 6.45) is 2.54. The molecule has 1 aliphatic heterocycles. The van der Waals surface area contributed by atoms with Crippen molar-refractivity contribution in [3.05, 3.63) is 10.8 Å². The molecule has 1 aromatic rings. The van der Waals surface area contributed by atoms with Crippen LogP contribution in [0.4, 0.5) is 11.6 Å². The van der Waals surface area contributed by atoms with Gasteiger partial charge in [-0.2, -0.15) is 0 Å². The molecule has 1 aliphatic rings. The molecule has 0 aliphatic carbocycles. The van der Waals surface area contributed by atoms with Crippen molar-refractivity contribution < 1.29 is 4.74 Å². The Labute approximate surface area is 108 Å². The Morgan fingerprint density at radius 1 is 1.53 bits per heavy atom. The van der Waals surface area contributed by atoms with Gasteiger partial charge in [0.05, 0.1) is 11.6 Å². The van der Waals surface area contributed by atoms with Crippen molar-refractivity contribution in [2.24, 2.45) is 5.84 Å². The van der Waals surface area contributed by atoms with E-state index in [9.17, 15) is 0 Å². The van der Waals surface area contributed by atoms with Gasteiger partial charge in [-0.15, -0.1) is 0 Å². The number of nitrogens with zero attached hydrogens (tertiary/aromatic N) is 2. The molecule has 1 fully saturated rings. The van der Waals surface area contributed by atoms with Gasteiger partial charge in [0.15, 0.2) is 5.82 Å². The highest BCUT2D eigenvalue weighted by molar-refractivity contribution is 9.10. The van der Waals surface area contributed by atoms with Crippen LogP contribution in [0.15, 0.2) is 10.8 Å². The van der Waals surface area contributed by atoms with Gasteiger partial charge >= 0.3 is 0 Å². The Morgan fingerprint density at radius 2 is 2.24 bits per heavy atom. The van der Waals surface area contributed by atoms with E-state index in [1.807, 2.05) is 0 Å². The number of aromatic nitrogens is 2. The molecule has 2 unspecified atom stereocenters. The van der Waals surface area contributed by atoms with Gasteiger partial charge < -0.3 is 15.5 Å². The summed E-state index contributed by atoms with van der Waals surface area (Å²) in [6.45, 7) is 4.93. The normalized spacial score (nSPS) is 28.1. The largest absolute Gasteiger partial charge is 0.376 e. The third-order valence-electron chi connectivity index (χ3n) is 3.22. The standard InChI is InChI=1S/C10H16BrN5O/c1-6-10(2,3-4-17-6)15-8-7(11)9(16-12)14-5-13-8/h5-6H,3-4,12H2,1-2H3,(H2,13,14,15,16). The van der Waals surface area contributed by atoms with E-state index >= 15 is 0 Å². The van der Waals surface area contributed by atoms with E-state index in [-0.39, 0.29) is 11.6 Å². The van der Waals surface area contributed by atoms with E-state index in [1.54, 1.807) is 0 Å². The maximum atomic E-state index is 5.58. The van der Waals surface area contributed by atoms with Gasteiger partial charge in [0.25, 0.3) is 0 Å². The molecule has 0 radical (unpaired) electrons. The zero-order valence-corrected chi connectivity index (χ0v) is 11.4. The molecule has 0 amide bonds. The predicted molar refractivity (Wildman–Crippen MR) is 69.6 cm³/mol. The lowest BCUT2D eigenvalue weighted by atomic mass is 9.95. The van der Waals surface area contributed by atoms with Crippen molar-refractivity contribution >= 4 is 27.6 Å². The molecule has 2 heterocycles. The molecule has 17 heavy (non-hydrogen) atoms. The fraction of sp³-hybridized carbons (Fsp3) is 0.600. The maximum absolute atomic E-state index is 5.58. The van der Waals surface area contributed by atoms with Crippen molar-refractivity contribution in [1.29, 1.82) is 0 Å². The van der Waals surface area contributed by atoms with Crippen LogP contribution in [0, 0.1) is 0 Å². The number of hydrazine groups is 1. The van der Waals surface area contributed by atoms with Gasteiger partial charge in [0.1, 0.15) is 16.6 Å². The molecule has 2 rings (SSSR count). The second kappa shape index (κ2) is 4.75. The van der Waals surface area contributed by atoms with Crippen LogP contribution in [-0.4, -0.2) is 28.2 Å². The predicted octanol–water partition coefficient (Wildman–Crippen LogP) is 1.50. The highest BCUT2D eigenvalue weighted by Crippen LogP contribution is 2.33. The van der Waals surface area contributed by atoms with Crippen molar-refractivity contribution in [2.75, 3.05) is 17.3 Å². The van der Waals surface area contributed by atoms with E-state index < -0.39 is 0 Å². The lowest BCUT2D eigenvalue weighted by Crippen LogP contribution is -2.41. The van der Waals surface area contributed by atoms with Gasteiger partial charge in [-0.05, 0) is 36.2 Å². The molecule has 6 nitrogen and oxygen atoms in total. The number of hydrogen-bond donors (Lipinski definition) is 3. The van der Waals surface area contributed by atoms with Crippen LogP contribution < -0.4 is 16.6 Å². The third-order valence-corrected chi connectivity index (χ3v) is 3.97. The van der Waals surface area contributed by atoms with Gasteiger partial charge in [-0.1, -0.05) is 0 Å². The fourth-order valence-corrected chi connectivity index (χ4v) is 2.25. The summed E-state index contributed by atoms with van der Waals surface area (Å²) in [5.74, 6) is 6.63. The summed E-state index contributed by atoms with van der Waals surface area (Å²) in [5.41, 5.74) is 2.39. The van der Waals surface area contributed by atoms with Gasteiger partial charge in [0, 0.05) is 6.61 Å².